The number of aromatic nitrogens is 1. The third kappa shape index (κ3) is 6.72. The molecule has 1 fully saturated rings. The molecule has 1 aliphatic rings. The summed E-state index contributed by atoms with van der Waals surface area (Å²) in [5, 5.41) is 11.9. The highest BCUT2D eigenvalue weighted by Gasteiger charge is 2.31. The summed E-state index contributed by atoms with van der Waals surface area (Å²) in [6, 6.07) is 19.8. The van der Waals surface area contributed by atoms with Crippen LogP contribution in [0, 0.1) is 0 Å². The van der Waals surface area contributed by atoms with E-state index in [0.29, 0.717) is 24.2 Å². The lowest BCUT2D eigenvalue weighted by atomic mass is 10.1. The molecule has 1 saturated heterocycles. The number of piperazine rings is 1. The summed E-state index contributed by atoms with van der Waals surface area (Å²) in [5.41, 5.74) is 3.66. The normalized spacial score (nSPS) is 16.9. The average Bonchev–Trinajstić information content (AvgIpc) is 2.92. The highest BCUT2D eigenvalue weighted by Crippen LogP contribution is 2.21. The van der Waals surface area contributed by atoms with Gasteiger partial charge in [0.15, 0.2) is 9.84 Å². The van der Waals surface area contributed by atoms with Crippen LogP contribution in [0.15, 0.2) is 78.3 Å². The van der Waals surface area contributed by atoms with Crippen LogP contribution in [0.4, 0.5) is 0 Å². The monoisotopic (exact) mass is 547 g/mol. The topological polar surface area (TPSA) is 99.6 Å². The van der Waals surface area contributed by atoms with E-state index in [4.69, 9.17) is 16.7 Å². The highest BCUT2D eigenvalue weighted by atomic mass is 35.5. The molecule has 1 aromatic heterocycles. The molecule has 0 aliphatic carbocycles. The third-order valence-corrected chi connectivity index (χ3v) is 7.84. The van der Waals surface area contributed by atoms with Crippen molar-refractivity contribution in [2.45, 2.75) is 10.8 Å². The van der Waals surface area contributed by atoms with Crippen LogP contribution in [0.2, 0.25) is 0 Å². The van der Waals surface area contributed by atoms with Gasteiger partial charge in [0.2, 0.25) is 0 Å². The lowest BCUT2D eigenvalue weighted by Gasteiger charge is -2.32. The fourth-order valence-corrected chi connectivity index (χ4v) is 5.23. The van der Waals surface area contributed by atoms with Crippen molar-refractivity contribution in [1.29, 1.82) is 0 Å². The fraction of sp³-hybridized carbons (Fsp3) is 0.231. The van der Waals surface area contributed by atoms with Crippen molar-refractivity contribution in [3.63, 3.8) is 0 Å². The Bertz CT molecular complexity index is 1290. The van der Waals surface area contributed by atoms with Gasteiger partial charge in [-0.15, -0.1) is 24.0 Å². The standard InChI is InChI=1S/C26H26ClN3O4S.ClH/c27-23(18-31)20-6-4-19(5-7-20)12-16-35(33,34)25-17-30(15-14-29-25)26(32)22-10-8-21(9-11-22)24-3-1-2-13-28-24;/h1-13,16,23,25,29,31H,14-15,17-18H2;1H/b16-12-;. The Morgan fingerprint density at radius 2 is 1.86 bits per heavy atom. The summed E-state index contributed by atoms with van der Waals surface area (Å²) in [6.45, 7) is 0.671. The van der Waals surface area contributed by atoms with Crippen molar-refractivity contribution in [1.82, 2.24) is 15.2 Å². The molecule has 1 amide bonds. The molecule has 2 aromatic carbocycles. The Hall–Kier alpha value is -2.75. The van der Waals surface area contributed by atoms with Gasteiger partial charge in [-0.05, 0) is 41.5 Å². The van der Waals surface area contributed by atoms with Gasteiger partial charge in [-0.25, -0.2) is 8.42 Å². The molecule has 3 aromatic rings. The average molecular weight is 548 g/mol. The number of carbonyl (C=O) groups excluding carboxylic acids is 1. The van der Waals surface area contributed by atoms with Crippen LogP contribution in [0.1, 0.15) is 26.9 Å². The molecular formula is C26H27Cl2N3O4S. The number of sulfone groups is 1. The molecule has 10 heteroatoms. The number of alkyl halides is 1. The number of pyridine rings is 1. The van der Waals surface area contributed by atoms with E-state index in [0.717, 1.165) is 16.8 Å². The minimum atomic E-state index is -3.66. The Morgan fingerprint density at radius 1 is 1.14 bits per heavy atom. The molecule has 0 saturated carbocycles. The zero-order chi connectivity index (χ0) is 24.8. The van der Waals surface area contributed by atoms with E-state index in [1.54, 1.807) is 47.5 Å². The number of amides is 1. The molecule has 190 valence electrons. The number of nitrogens with zero attached hydrogens (tertiary/aromatic N) is 2. The van der Waals surface area contributed by atoms with Gasteiger partial charge in [-0.3, -0.25) is 15.1 Å². The van der Waals surface area contributed by atoms with Crippen LogP contribution in [-0.2, 0) is 9.84 Å². The van der Waals surface area contributed by atoms with Crippen LogP contribution >= 0.6 is 24.0 Å². The van der Waals surface area contributed by atoms with E-state index in [2.05, 4.69) is 10.3 Å². The summed E-state index contributed by atoms with van der Waals surface area (Å²) < 4.78 is 25.9. The van der Waals surface area contributed by atoms with E-state index in [9.17, 15) is 13.2 Å². The van der Waals surface area contributed by atoms with E-state index in [-0.39, 0.29) is 31.5 Å². The second-order valence-corrected chi connectivity index (χ2v) is 10.7. The number of aliphatic hydroxyl groups excluding tert-OH is 1. The number of aliphatic hydroxyl groups is 1. The maximum atomic E-state index is 13.1. The molecule has 2 unspecified atom stereocenters. The van der Waals surface area contributed by atoms with Crippen LogP contribution < -0.4 is 5.32 Å². The largest absolute Gasteiger partial charge is 0.394 e. The molecule has 0 radical (unpaired) electrons. The first kappa shape index (κ1) is 27.8. The maximum Gasteiger partial charge on any atom is 0.253 e. The second kappa shape index (κ2) is 12.5. The van der Waals surface area contributed by atoms with Gasteiger partial charge in [0, 0.05) is 35.8 Å². The van der Waals surface area contributed by atoms with Crippen LogP contribution in [0.25, 0.3) is 17.3 Å². The zero-order valence-corrected chi connectivity index (χ0v) is 21.7. The van der Waals surface area contributed by atoms with E-state index >= 15 is 0 Å². The van der Waals surface area contributed by atoms with E-state index in [1.807, 2.05) is 30.3 Å². The van der Waals surface area contributed by atoms with Gasteiger partial charge in [-0.1, -0.05) is 42.5 Å². The molecular weight excluding hydrogens is 521 g/mol. The summed E-state index contributed by atoms with van der Waals surface area (Å²) >= 11 is 6.01. The molecule has 0 spiro atoms. The third-order valence-electron chi connectivity index (χ3n) is 5.82. The number of hydrogen-bond donors (Lipinski definition) is 2. The predicted octanol–water partition coefficient (Wildman–Crippen LogP) is 3.90. The Balaban J connectivity index is 0.00000361. The summed E-state index contributed by atoms with van der Waals surface area (Å²) in [4.78, 5) is 18.9. The minimum absolute atomic E-state index is 0. The number of hydrogen-bond acceptors (Lipinski definition) is 6. The van der Waals surface area contributed by atoms with E-state index < -0.39 is 20.6 Å². The van der Waals surface area contributed by atoms with Crippen LogP contribution in [-0.4, -0.2) is 60.9 Å². The van der Waals surface area contributed by atoms with Crippen LogP contribution in [0.3, 0.4) is 0 Å². The quantitative estimate of drug-likeness (QED) is 0.435. The first-order chi connectivity index (χ1) is 16.9. The number of rotatable bonds is 7. The Morgan fingerprint density at radius 3 is 2.50 bits per heavy atom. The molecule has 0 bridgehead atoms. The minimum Gasteiger partial charge on any atom is -0.394 e. The van der Waals surface area contributed by atoms with Gasteiger partial charge in [-0.2, -0.15) is 0 Å². The number of benzene rings is 2. The van der Waals surface area contributed by atoms with Gasteiger partial charge in [0.1, 0.15) is 5.37 Å². The highest BCUT2D eigenvalue weighted by molar-refractivity contribution is 7.95. The van der Waals surface area contributed by atoms with Crippen molar-refractivity contribution in [3.8, 4) is 11.3 Å². The van der Waals surface area contributed by atoms with Gasteiger partial charge >= 0.3 is 0 Å². The fourth-order valence-electron chi connectivity index (χ4n) is 3.81. The molecule has 36 heavy (non-hydrogen) atoms. The second-order valence-electron chi connectivity index (χ2n) is 8.19. The Labute approximate surface area is 222 Å². The first-order valence-electron chi connectivity index (χ1n) is 11.2. The number of halogens is 2. The first-order valence-corrected chi connectivity index (χ1v) is 13.2. The predicted molar refractivity (Wildman–Crippen MR) is 145 cm³/mol. The van der Waals surface area contributed by atoms with Crippen molar-refractivity contribution in [2.24, 2.45) is 0 Å². The zero-order valence-electron chi connectivity index (χ0n) is 19.3. The summed E-state index contributed by atoms with van der Waals surface area (Å²) in [5.74, 6) is -0.210. The smallest absolute Gasteiger partial charge is 0.253 e. The molecule has 2 heterocycles. The van der Waals surface area contributed by atoms with Crippen molar-refractivity contribution >= 4 is 45.8 Å². The van der Waals surface area contributed by atoms with Gasteiger partial charge < -0.3 is 10.0 Å². The van der Waals surface area contributed by atoms with Crippen molar-refractivity contribution in [2.75, 3.05) is 26.2 Å². The van der Waals surface area contributed by atoms with Gasteiger partial charge in [0.25, 0.3) is 5.91 Å². The number of carbonyl (C=O) groups is 1. The summed E-state index contributed by atoms with van der Waals surface area (Å²) in [6.07, 6.45) is 3.23. The lowest BCUT2D eigenvalue weighted by Crippen LogP contribution is -2.55. The number of nitrogens with one attached hydrogen (secondary N) is 1. The van der Waals surface area contributed by atoms with Crippen molar-refractivity contribution in [3.05, 3.63) is 95.0 Å². The summed E-state index contributed by atoms with van der Waals surface area (Å²) in [7, 11) is -3.66. The van der Waals surface area contributed by atoms with Crippen LogP contribution in [0.5, 0.6) is 0 Å². The molecule has 7 nitrogen and oxygen atoms in total. The SMILES string of the molecule is Cl.O=C(c1ccc(-c2ccccn2)cc1)N1CCNC(S(=O)(=O)/C=C\c2ccc(C(Cl)CO)cc2)C1. The van der Waals surface area contributed by atoms with Gasteiger partial charge in [0.05, 0.1) is 24.2 Å². The van der Waals surface area contributed by atoms with E-state index in [1.165, 1.54) is 11.5 Å². The molecule has 4 rings (SSSR count). The lowest BCUT2D eigenvalue weighted by molar-refractivity contribution is 0.0726. The Kier molecular flexibility index (Phi) is 9.64. The molecule has 2 N–H and O–H groups in total. The van der Waals surface area contributed by atoms with Crippen molar-refractivity contribution < 1.29 is 18.3 Å². The molecule has 1 aliphatic heterocycles. The molecule has 2 atom stereocenters. The maximum absolute atomic E-state index is 13.1.